The fourth-order valence-corrected chi connectivity index (χ4v) is 1.58. The number of carbonyl (C=O) groups is 1. The van der Waals surface area contributed by atoms with Gasteiger partial charge in [-0.05, 0) is 48.0 Å². The molecule has 0 unspecified atom stereocenters. The standard InChI is InChI=1S/C10H12Br2N2O/c1-10(2,13)9(15)14-8-5-6(11)3-4-7(8)12/h3-5H,13H2,1-2H3,(H,14,15). The summed E-state index contributed by atoms with van der Waals surface area (Å²) in [6.07, 6.45) is 0. The zero-order valence-electron chi connectivity index (χ0n) is 8.47. The zero-order chi connectivity index (χ0) is 11.6. The number of nitrogens with one attached hydrogen (secondary N) is 1. The lowest BCUT2D eigenvalue weighted by Gasteiger charge is -2.18. The molecule has 0 saturated heterocycles. The first-order valence-corrected chi connectivity index (χ1v) is 5.94. The third-order valence-electron chi connectivity index (χ3n) is 1.76. The molecule has 0 heterocycles. The van der Waals surface area contributed by atoms with Crippen LogP contribution in [0.3, 0.4) is 0 Å². The van der Waals surface area contributed by atoms with Crippen molar-refractivity contribution in [2.45, 2.75) is 19.4 Å². The fourth-order valence-electron chi connectivity index (χ4n) is 0.877. The summed E-state index contributed by atoms with van der Waals surface area (Å²) < 4.78 is 1.72. The quantitative estimate of drug-likeness (QED) is 0.873. The Balaban J connectivity index is 2.90. The lowest BCUT2D eigenvalue weighted by molar-refractivity contribution is -0.120. The van der Waals surface area contributed by atoms with Gasteiger partial charge in [0.25, 0.3) is 0 Å². The van der Waals surface area contributed by atoms with Crippen LogP contribution in [0.4, 0.5) is 5.69 Å². The maximum absolute atomic E-state index is 11.6. The topological polar surface area (TPSA) is 55.1 Å². The second-order valence-corrected chi connectivity index (χ2v) is 5.57. The zero-order valence-corrected chi connectivity index (χ0v) is 11.6. The lowest BCUT2D eigenvalue weighted by atomic mass is 10.1. The first-order chi connectivity index (χ1) is 6.80. The van der Waals surface area contributed by atoms with Gasteiger partial charge >= 0.3 is 0 Å². The number of anilines is 1. The highest BCUT2D eigenvalue weighted by atomic mass is 79.9. The molecule has 0 aliphatic carbocycles. The van der Waals surface area contributed by atoms with E-state index in [1.54, 1.807) is 13.8 Å². The molecule has 0 aliphatic heterocycles. The summed E-state index contributed by atoms with van der Waals surface area (Å²) in [4.78, 5) is 11.6. The summed E-state index contributed by atoms with van der Waals surface area (Å²) >= 11 is 6.68. The second-order valence-electron chi connectivity index (χ2n) is 3.80. The molecule has 0 aliphatic rings. The molecule has 1 aromatic carbocycles. The van der Waals surface area contributed by atoms with Crippen LogP contribution in [0.5, 0.6) is 0 Å². The molecule has 0 atom stereocenters. The number of nitrogens with two attached hydrogens (primary N) is 1. The fraction of sp³-hybridized carbons (Fsp3) is 0.300. The van der Waals surface area contributed by atoms with Crippen molar-refractivity contribution >= 4 is 43.5 Å². The Hall–Kier alpha value is -0.390. The Bertz CT molecular complexity index is 385. The first kappa shape index (κ1) is 12.7. The van der Waals surface area contributed by atoms with E-state index in [-0.39, 0.29) is 5.91 Å². The summed E-state index contributed by atoms with van der Waals surface area (Å²) in [6, 6.07) is 5.55. The van der Waals surface area contributed by atoms with E-state index in [0.29, 0.717) is 5.69 Å². The Morgan fingerprint density at radius 3 is 2.53 bits per heavy atom. The molecule has 1 rings (SSSR count). The van der Waals surface area contributed by atoms with E-state index in [4.69, 9.17) is 5.73 Å². The van der Waals surface area contributed by atoms with Crippen molar-refractivity contribution in [3.63, 3.8) is 0 Å². The van der Waals surface area contributed by atoms with E-state index >= 15 is 0 Å². The number of benzene rings is 1. The number of halogens is 2. The number of rotatable bonds is 2. The summed E-state index contributed by atoms with van der Waals surface area (Å²) in [5.41, 5.74) is 5.49. The molecule has 0 radical (unpaired) electrons. The van der Waals surface area contributed by atoms with Gasteiger partial charge in [-0.3, -0.25) is 4.79 Å². The smallest absolute Gasteiger partial charge is 0.243 e. The molecule has 0 bridgehead atoms. The van der Waals surface area contributed by atoms with Gasteiger partial charge in [0.05, 0.1) is 11.2 Å². The van der Waals surface area contributed by atoms with Crippen molar-refractivity contribution in [1.29, 1.82) is 0 Å². The van der Waals surface area contributed by atoms with Gasteiger partial charge < -0.3 is 11.1 Å². The minimum Gasteiger partial charge on any atom is -0.323 e. The van der Waals surface area contributed by atoms with Crippen molar-refractivity contribution in [3.05, 3.63) is 27.1 Å². The van der Waals surface area contributed by atoms with Gasteiger partial charge in [-0.1, -0.05) is 15.9 Å². The Morgan fingerprint density at radius 1 is 1.40 bits per heavy atom. The maximum atomic E-state index is 11.6. The van der Waals surface area contributed by atoms with E-state index in [1.165, 1.54) is 0 Å². The predicted molar refractivity (Wildman–Crippen MR) is 68.7 cm³/mol. The van der Waals surface area contributed by atoms with Crippen LogP contribution in [0.1, 0.15) is 13.8 Å². The van der Waals surface area contributed by atoms with Crippen LogP contribution in [-0.2, 0) is 4.79 Å². The molecule has 1 aromatic rings. The Morgan fingerprint density at radius 2 is 2.00 bits per heavy atom. The third kappa shape index (κ3) is 3.59. The van der Waals surface area contributed by atoms with E-state index in [0.717, 1.165) is 8.95 Å². The molecule has 15 heavy (non-hydrogen) atoms. The number of hydrogen-bond donors (Lipinski definition) is 2. The molecule has 0 spiro atoms. The molecule has 1 amide bonds. The summed E-state index contributed by atoms with van der Waals surface area (Å²) in [6.45, 7) is 3.32. The highest BCUT2D eigenvalue weighted by Crippen LogP contribution is 2.26. The van der Waals surface area contributed by atoms with Crippen LogP contribution < -0.4 is 11.1 Å². The molecule has 5 heteroatoms. The average Bonchev–Trinajstić information content (AvgIpc) is 2.09. The van der Waals surface area contributed by atoms with E-state index < -0.39 is 5.54 Å². The first-order valence-electron chi connectivity index (χ1n) is 4.36. The molecular weight excluding hydrogens is 324 g/mol. The average molecular weight is 336 g/mol. The van der Waals surface area contributed by atoms with E-state index in [9.17, 15) is 4.79 Å². The maximum Gasteiger partial charge on any atom is 0.243 e. The molecule has 0 fully saturated rings. The van der Waals surface area contributed by atoms with Crippen LogP contribution >= 0.6 is 31.9 Å². The molecule has 82 valence electrons. The summed E-state index contributed by atoms with van der Waals surface area (Å²) in [7, 11) is 0. The van der Waals surface area contributed by atoms with E-state index in [1.807, 2.05) is 18.2 Å². The van der Waals surface area contributed by atoms with Crippen LogP contribution in [-0.4, -0.2) is 11.4 Å². The number of hydrogen-bond acceptors (Lipinski definition) is 2. The van der Waals surface area contributed by atoms with Gasteiger partial charge in [-0.2, -0.15) is 0 Å². The minimum atomic E-state index is -0.887. The van der Waals surface area contributed by atoms with E-state index in [2.05, 4.69) is 37.2 Å². The van der Waals surface area contributed by atoms with Gasteiger partial charge in [-0.15, -0.1) is 0 Å². The van der Waals surface area contributed by atoms with Crippen molar-refractivity contribution in [1.82, 2.24) is 0 Å². The summed E-state index contributed by atoms with van der Waals surface area (Å²) in [5, 5.41) is 2.75. The number of carbonyl (C=O) groups excluding carboxylic acids is 1. The predicted octanol–water partition coefficient (Wildman–Crippen LogP) is 2.89. The minimum absolute atomic E-state index is 0.221. The normalized spacial score (nSPS) is 11.3. The van der Waals surface area contributed by atoms with Crippen molar-refractivity contribution in [2.75, 3.05) is 5.32 Å². The lowest BCUT2D eigenvalue weighted by Crippen LogP contribution is -2.45. The molecule has 0 saturated carbocycles. The highest BCUT2D eigenvalue weighted by Gasteiger charge is 2.22. The van der Waals surface area contributed by atoms with Gasteiger partial charge in [0.15, 0.2) is 0 Å². The molecule has 3 nitrogen and oxygen atoms in total. The van der Waals surface area contributed by atoms with Crippen LogP contribution in [0.25, 0.3) is 0 Å². The molecule has 0 aromatic heterocycles. The monoisotopic (exact) mass is 334 g/mol. The van der Waals surface area contributed by atoms with Crippen molar-refractivity contribution < 1.29 is 4.79 Å². The number of amides is 1. The van der Waals surface area contributed by atoms with Crippen molar-refractivity contribution in [2.24, 2.45) is 5.73 Å². The Kier molecular flexibility index (Phi) is 3.92. The van der Waals surface area contributed by atoms with Gasteiger partial charge in [-0.25, -0.2) is 0 Å². The largest absolute Gasteiger partial charge is 0.323 e. The van der Waals surface area contributed by atoms with Gasteiger partial charge in [0.1, 0.15) is 0 Å². The van der Waals surface area contributed by atoms with Crippen LogP contribution in [0, 0.1) is 0 Å². The molecule has 3 N–H and O–H groups in total. The summed E-state index contributed by atoms with van der Waals surface area (Å²) in [5.74, 6) is -0.221. The van der Waals surface area contributed by atoms with Gasteiger partial charge in [0.2, 0.25) is 5.91 Å². The Labute approximate surface area is 106 Å². The van der Waals surface area contributed by atoms with Crippen LogP contribution in [0.2, 0.25) is 0 Å². The highest BCUT2D eigenvalue weighted by molar-refractivity contribution is 9.11. The SMILES string of the molecule is CC(C)(N)C(=O)Nc1cc(Br)ccc1Br. The van der Waals surface area contributed by atoms with Gasteiger partial charge in [0, 0.05) is 8.95 Å². The third-order valence-corrected chi connectivity index (χ3v) is 2.95. The van der Waals surface area contributed by atoms with Crippen LogP contribution in [0.15, 0.2) is 27.1 Å². The second kappa shape index (κ2) is 4.63. The van der Waals surface area contributed by atoms with Crippen molar-refractivity contribution in [3.8, 4) is 0 Å². The molecular formula is C10H12Br2N2O.